The molecule has 0 saturated carbocycles. The first-order chi connectivity index (χ1) is 16.4. The number of imide groups is 1. The molecule has 34 heavy (non-hydrogen) atoms. The number of nitrogens with zero attached hydrogens (tertiary/aromatic N) is 4. The number of benzene rings is 1. The van der Waals surface area contributed by atoms with E-state index in [0.29, 0.717) is 49.1 Å². The van der Waals surface area contributed by atoms with Gasteiger partial charge in [0.25, 0.3) is 5.19 Å². The number of likely N-dealkylation sites (tertiary alicyclic amines) is 1. The number of carbonyl (C=O) groups excluding carboxylic acids is 1. The van der Waals surface area contributed by atoms with Gasteiger partial charge in [-0.05, 0) is 43.5 Å². The number of hydrogen-bond donors (Lipinski definition) is 1. The topological polar surface area (TPSA) is 109 Å². The molecule has 9 nitrogen and oxygen atoms in total. The third kappa shape index (κ3) is 4.34. The summed E-state index contributed by atoms with van der Waals surface area (Å²) in [6, 6.07) is 7.42. The van der Waals surface area contributed by atoms with Crippen molar-refractivity contribution in [2.45, 2.75) is 39.3 Å². The van der Waals surface area contributed by atoms with Gasteiger partial charge in [-0.1, -0.05) is 11.3 Å². The molecular weight excluding hydrogens is 456 g/mol. The Morgan fingerprint density at radius 3 is 2.79 bits per heavy atom. The summed E-state index contributed by atoms with van der Waals surface area (Å²) in [4.78, 5) is 35.0. The molecule has 0 aliphatic carbocycles. The Bertz CT molecular complexity index is 1360. The fourth-order valence-electron chi connectivity index (χ4n) is 4.45. The summed E-state index contributed by atoms with van der Waals surface area (Å²) in [7, 11) is 0. The molecule has 0 radical (unpaired) electrons. The molecular formula is C24H24N4O5S. The molecule has 1 aromatic carbocycles. The molecule has 0 unspecified atom stereocenters. The fraction of sp³-hybridized carbons (Fsp3) is 0.333. The van der Waals surface area contributed by atoms with Crippen molar-refractivity contribution in [2.75, 3.05) is 13.1 Å². The normalized spacial score (nSPS) is 15.1. The van der Waals surface area contributed by atoms with Crippen LogP contribution in [0.2, 0.25) is 0 Å². The van der Waals surface area contributed by atoms with Crippen LogP contribution in [-0.2, 0) is 11.3 Å². The van der Waals surface area contributed by atoms with Crippen molar-refractivity contribution >= 4 is 44.7 Å². The molecule has 3 aromatic heterocycles. The predicted octanol–water partition coefficient (Wildman–Crippen LogP) is 5.03. The van der Waals surface area contributed by atoms with Crippen molar-refractivity contribution in [3.8, 4) is 10.9 Å². The average molecular weight is 481 g/mol. The second-order valence-corrected chi connectivity index (χ2v) is 9.42. The number of aryl methyl sites for hydroxylation is 1. The highest BCUT2D eigenvalue weighted by Gasteiger charge is 2.30. The average Bonchev–Trinajstić information content (AvgIpc) is 3.39. The van der Waals surface area contributed by atoms with E-state index < -0.39 is 12.0 Å². The van der Waals surface area contributed by atoms with E-state index in [1.54, 1.807) is 12.5 Å². The van der Waals surface area contributed by atoms with Crippen LogP contribution in [0.15, 0.2) is 41.1 Å². The minimum atomic E-state index is -1.18. The van der Waals surface area contributed by atoms with Crippen LogP contribution in [0.4, 0.5) is 4.79 Å². The van der Waals surface area contributed by atoms with Crippen molar-refractivity contribution in [3.63, 3.8) is 0 Å². The number of thiazole rings is 1. The molecule has 4 heterocycles. The summed E-state index contributed by atoms with van der Waals surface area (Å²) in [6.45, 7) is 5.43. The van der Waals surface area contributed by atoms with Gasteiger partial charge in [0, 0.05) is 55.8 Å². The van der Waals surface area contributed by atoms with Gasteiger partial charge >= 0.3 is 6.09 Å². The zero-order valence-corrected chi connectivity index (χ0v) is 19.7. The molecule has 2 amide bonds. The lowest BCUT2D eigenvalue weighted by Gasteiger charge is -2.35. The van der Waals surface area contributed by atoms with Gasteiger partial charge < -0.3 is 14.3 Å². The molecule has 0 bridgehead atoms. The van der Waals surface area contributed by atoms with Gasteiger partial charge in [-0.3, -0.25) is 9.69 Å². The second kappa shape index (κ2) is 9.03. The summed E-state index contributed by atoms with van der Waals surface area (Å²) in [6.07, 6.45) is 3.56. The van der Waals surface area contributed by atoms with Crippen molar-refractivity contribution in [3.05, 3.63) is 47.9 Å². The molecule has 1 saturated heterocycles. The van der Waals surface area contributed by atoms with Crippen molar-refractivity contribution in [1.29, 1.82) is 0 Å². The van der Waals surface area contributed by atoms with Crippen LogP contribution in [0.5, 0.6) is 10.9 Å². The standard InChI is InChI=1S/C24H24N4O5S/c1-14-5-8-25-22-21(14)34-23(26-22)33-18-3-4-19-16(13-32-20(19)11-18)12-27-9-6-17(7-10-27)28(15(2)29)24(30)31/h3-5,8,11,13,17H,6-7,9-10,12H2,1-2H3,(H,30,31). The van der Waals surface area contributed by atoms with E-state index in [0.717, 1.165) is 31.7 Å². The first-order valence-electron chi connectivity index (χ1n) is 11.0. The number of pyridine rings is 1. The van der Waals surface area contributed by atoms with Gasteiger partial charge in [-0.25, -0.2) is 14.7 Å². The number of piperidine rings is 1. The number of carboxylic acid groups (broad SMARTS) is 1. The quantitative estimate of drug-likeness (QED) is 0.424. The Morgan fingerprint density at radius 2 is 2.09 bits per heavy atom. The minimum absolute atomic E-state index is 0.270. The third-order valence-electron chi connectivity index (χ3n) is 6.16. The second-order valence-electron chi connectivity index (χ2n) is 8.46. The monoisotopic (exact) mass is 480 g/mol. The Balaban J connectivity index is 1.26. The van der Waals surface area contributed by atoms with Crippen LogP contribution >= 0.6 is 11.3 Å². The number of amides is 2. The molecule has 0 atom stereocenters. The van der Waals surface area contributed by atoms with Crippen molar-refractivity contribution in [1.82, 2.24) is 19.8 Å². The van der Waals surface area contributed by atoms with Gasteiger partial charge in [0.05, 0.1) is 11.0 Å². The lowest BCUT2D eigenvalue weighted by atomic mass is 10.0. The molecule has 176 valence electrons. The van der Waals surface area contributed by atoms with E-state index in [9.17, 15) is 14.7 Å². The predicted molar refractivity (Wildman–Crippen MR) is 127 cm³/mol. The van der Waals surface area contributed by atoms with Gasteiger partial charge in [0.1, 0.15) is 11.3 Å². The Morgan fingerprint density at radius 1 is 1.29 bits per heavy atom. The van der Waals surface area contributed by atoms with E-state index in [1.165, 1.54) is 18.3 Å². The number of fused-ring (bicyclic) bond motifs is 2. The molecule has 1 aliphatic rings. The number of rotatable bonds is 5. The largest absolute Gasteiger partial charge is 0.465 e. The van der Waals surface area contributed by atoms with E-state index >= 15 is 0 Å². The van der Waals surface area contributed by atoms with Crippen LogP contribution < -0.4 is 4.74 Å². The lowest BCUT2D eigenvalue weighted by molar-refractivity contribution is -0.129. The number of aromatic nitrogens is 2. The van der Waals surface area contributed by atoms with E-state index in [4.69, 9.17) is 9.15 Å². The first kappa shape index (κ1) is 22.3. The van der Waals surface area contributed by atoms with E-state index in [2.05, 4.69) is 14.9 Å². The van der Waals surface area contributed by atoms with E-state index in [-0.39, 0.29) is 6.04 Å². The van der Waals surface area contributed by atoms with Gasteiger partial charge in [-0.2, -0.15) is 4.98 Å². The SMILES string of the molecule is CC(=O)N(C(=O)O)C1CCN(Cc2coc3cc(Oc4nc5nccc(C)c5s4)ccc23)CC1. The highest BCUT2D eigenvalue weighted by molar-refractivity contribution is 7.20. The van der Waals surface area contributed by atoms with Gasteiger partial charge in [-0.15, -0.1) is 0 Å². The highest BCUT2D eigenvalue weighted by atomic mass is 32.1. The minimum Gasteiger partial charge on any atom is -0.465 e. The molecule has 1 aliphatic heterocycles. The smallest absolute Gasteiger partial charge is 0.414 e. The number of hydrogen-bond acceptors (Lipinski definition) is 8. The molecule has 0 spiro atoms. The zero-order chi connectivity index (χ0) is 23.8. The van der Waals surface area contributed by atoms with E-state index in [1.807, 2.05) is 31.2 Å². The maximum Gasteiger partial charge on any atom is 0.414 e. The molecule has 1 N–H and O–H groups in total. The van der Waals surface area contributed by atoms with Crippen LogP contribution in [0, 0.1) is 6.92 Å². The first-order valence-corrected chi connectivity index (χ1v) is 11.9. The van der Waals surface area contributed by atoms with Gasteiger partial charge in [0.15, 0.2) is 5.65 Å². The van der Waals surface area contributed by atoms with Crippen LogP contribution in [0.3, 0.4) is 0 Å². The number of furan rings is 1. The Kier molecular flexibility index (Phi) is 5.93. The maximum absolute atomic E-state index is 11.7. The molecule has 1 fully saturated rings. The van der Waals surface area contributed by atoms with Crippen LogP contribution in [-0.4, -0.2) is 56.0 Å². The third-order valence-corrected chi connectivity index (χ3v) is 7.22. The van der Waals surface area contributed by atoms with Gasteiger partial charge in [0.2, 0.25) is 5.91 Å². The molecule has 5 rings (SSSR count). The summed E-state index contributed by atoms with van der Waals surface area (Å²) in [5.74, 6) is 0.214. The molecule has 10 heteroatoms. The van der Waals surface area contributed by atoms with Crippen LogP contribution in [0.25, 0.3) is 21.3 Å². The lowest BCUT2D eigenvalue weighted by Crippen LogP contribution is -2.48. The summed E-state index contributed by atoms with van der Waals surface area (Å²) in [5, 5.41) is 10.9. The summed E-state index contributed by atoms with van der Waals surface area (Å²) in [5.41, 5.74) is 3.58. The Hall–Kier alpha value is -3.50. The van der Waals surface area contributed by atoms with Crippen molar-refractivity contribution < 1.29 is 23.8 Å². The van der Waals surface area contributed by atoms with Crippen molar-refractivity contribution in [2.24, 2.45) is 0 Å². The Labute approximate surface area is 199 Å². The fourth-order valence-corrected chi connectivity index (χ4v) is 5.31. The number of carbonyl (C=O) groups is 2. The number of ether oxygens (including phenoxy) is 1. The summed E-state index contributed by atoms with van der Waals surface area (Å²) >= 11 is 1.46. The highest BCUT2D eigenvalue weighted by Crippen LogP contribution is 2.34. The zero-order valence-electron chi connectivity index (χ0n) is 18.9. The maximum atomic E-state index is 11.7. The molecule has 4 aromatic rings. The van der Waals surface area contributed by atoms with Crippen LogP contribution in [0.1, 0.15) is 30.9 Å². The summed E-state index contributed by atoms with van der Waals surface area (Å²) < 4.78 is 12.8.